The van der Waals surface area contributed by atoms with Crippen LogP contribution in [0.3, 0.4) is 0 Å². The van der Waals surface area contributed by atoms with Gasteiger partial charge < -0.3 is 10.6 Å². The molecule has 2 N–H and O–H groups in total. The summed E-state index contributed by atoms with van der Waals surface area (Å²) in [5, 5.41) is 0. The molecule has 118 valence electrons. The fourth-order valence-corrected chi connectivity index (χ4v) is 2.74. The first-order chi connectivity index (χ1) is 9.61. The van der Waals surface area contributed by atoms with Crippen molar-refractivity contribution in [2.75, 3.05) is 26.7 Å². The van der Waals surface area contributed by atoms with Gasteiger partial charge in [0.2, 0.25) is 5.91 Å². The van der Waals surface area contributed by atoms with E-state index in [4.69, 9.17) is 5.73 Å². The molecule has 1 aromatic carbocycles. The van der Waals surface area contributed by atoms with Gasteiger partial charge >= 0.3 is 0 Å². The van der Waals surface area contributed by atoms with Crippen LogP contribution in [0.4, 0.5) is 0 Å². The van der Waals surface area contributed by atoms with Gasteiger partial charge in [0.15, 0.2) is 0 Å². The summed E-state index contributed by atoms with van der Waals surface area (Å²) >= 11 is 0. The molecule has 0 bridgehead atoms. The predicted octanol–water partition coefficient (Wildman–Crippen LogP) is 1.74. The zero-order chi connectivity index (χ0) is 14.5. The Morgan fingerprint density at radius 2 is 2.10 bits per heavy atom. The molecule has 0 radical (unpaired) electrons. The fourth-order valence-electron chi connectivity index (χ4n) is 2.74. The molecule has 5 heteroatoms. The van der Waals surface area contributed by atoms with E-state index < -0.39 is 0 Å². The fraction of sp³-hybridized carbons (Fsp3) is 0.562. The Balaban J connectivity index is 0.00000220. The van der Waals surface area contributed by atoms with Crippen molar-refractivity contribution in [3.8, 4) is 0 Å². The van der Waals surface area contributed by atoms with Crippen LogP contribution in [0.25, 0.3) is 0 Å². The maximum atomic E-state index is 12.2. The number of carbonyl (C=O) groups excluding carboxylic acids is 1. The summed E-state index contributed by atoms with van der Waals surface area (Å²) in [4.78, 5) is 16.5. The highest BCUT2D eigenvalue weighted by Gasteiger charge is 2.29. The molecule has 0 saturated carbocycles. The number of hydrogen-bond donors (Lipinski definition) is 1. The van der Waals surface area contributed by atoms with Gasteiger partial charge in [0.25, 0.3) is 0 Å². The third-order valence-corrected chi connectivity index (χ3v) is 4.17. The van der Waals surface area contributed by atoms with Crippen LogP contribution in [0.5, 0.6) is 0 Å². The Morgan fingerprint density at radius 3 is 2.71 bits per heavy atom. The highest BCUT2D eigenvalue weighted by Crippen LogP contribution is 2.18. The number of likely N-dealkylation sites (N-methyl/N-ethyl adjacent to an activating group) is 1. The number of likely N-dealkylation sites (tertiary alicyclic amines) is 1. The van der Waals surface area contributed by atoms with Crippen molar-refractivity contribution in [2.45, 2.75) is 25.9 Å². The number of halogens is 1. The van der Waals surface area contributed by atoms with Crippen molar-refractivity contribution in [3.63, 3.8) is 0 Å². The number of benzene rings is 1. The van der Waals surface area contributed by atoms with Crippen LogP contribution in [0.15, 0.2) is 30.3 Å². The molecule has 1 fully saturated rings. The molecule has 0 spiro atoms. The van der Waals surface area contributed by atoms with Crippen molar-refractivity contribution in [1.29, 1.82) is 0 Å². The highest BCUT2D eigenvalue weighted by atomic mass is 35.5. The van der Waals surface area contributed by atoms with E-state index in [9.17, 15) is 4.79 Å². The number of hydrogen-bond acceptors (Lipinski definition) is 3. The minimum atomic E-state index is -0.0804. The molecule has 21 heavy (non-hydrogen) atoms. The Bertz CT molecular complexity index is 440. The number of nitrogens with two attached hydrogens (primary N) is 1. The van der Waals surface area contributed by atoms with Gasteiger partial charge in [-0.1, -0.05) is 37.3 Å². The van der Waals surface area contributed by atoms with Gasteiger partial charge in [-0.05, 0) is 12.0 Å². The van der Waals surface area contributed by atoms with Crippen LogP contribution in [-0.4, -0.2) is 48.4 Å². The van der Waals surface area contributed by atoms with Crippen LogP contribution in [0.2, 0.25) is 0 Å². The number of rotatable bonds is 5. The summed E-state index contributed by atoms with van der Waals surface area (Å²) in [7, 11) is 1.91. The molecule has 1 aliphatic rings. The SMILES string of the molecule is CC(CN)C(=O)N(C)C1CCN(Cc2ccccc2)C1.Cl. The lowest BCUT2D eigenvalue weighted by atomic mass is 10.1. The summed E-state index contributed by atoms with van der Waals surface area (Å²) in [5.74, 6) is 0.0854. The van der Waals surface area contributed by atoms with Gasteiger partial charge in [-0.25, -0.2) is 0 Å². The van der Waals surface area contributed by atoms with Crippen molar-refractivity contribution in [3.05, 3.63) is 35.9 Å². The average Bonchev–Trinajstić information content (AvgIpc) is 2.94. The zero-order valence-corrected chi connectivity index (χ0v) is 13.7. The number of nitrogens with zero attached hydrogens (tertiary/aromatic N) is 2. The van der Waals surface area contributed by atoms with E-state index in [-0.39, 0.29) is 24.2 Å². The summed E-state index contributed by atoms with van der Waals surface area (Å²) in [6.07, 6.45) is 1.05. The van der Waals surface area contributed by atoms with Gasteiger partial charge in [0, 0.05) is 45.2 Å². The molecule has 0 aliphatic carbocycles. The number of amides is 1. The lowest BCUT2D eigenvalue weighted by Crippen LogP contribution is -2.43. The molecule has 1 amide bonds. The van der Waals surface area contributed by atoms with E-state index in [1.54, 1.807) is 0 Å². The predicted molar refractivity (Wildman–Crippen MR) is 88.4 cm³/mol. The van der Waals surface area contributed by atoms with Crippen LogP contribution in [-0.2, 0) is 11.3 Å². The standard InChI is InChI=1S/C16H25N3O.ClH/c1-13(10-17)16(20)18(2)15-8-9-19(12-15)11-14-6-4-3-5-7-14;/h3-7,13,15H,8-12,17H2,1-2H3;1H. The molecule has 2 atom stereocenters. The Morgan fingerprint density at radius 1 is 1.43 bits per heavy atom. The van der Waals surface area contributed by atoms with E-state index in [0.29, 0.717) is 12.6 Å². The molecule has 1 aliphatic heterocycles. The van der Waals surface area contributed by atoms with Crippen molar-refractivity contribution >= 4 is 18.3 Å². The monoisotopic (exact) mass is 311 g/mol. The van der Waals surface area contributed by atoms with E-state index in [2.05, 4.69) is 29.2 Å². The topological polar surface area (TPSA) is 49.6 Å². The molecule has 1 heterocycles. The number of carbonyl (C=O) groups is 1. The minimum Gasteiger partial charge on any atom is -0.341 e. The summed E-state index contributed by atoms with van der Waals surface area (Å²) in [5.41, 5.74) is 6.91. The van der Waals surface area contributed by atoms with Crippen LogP contribution in [0.1, 0.15) is 18.9 Å². The van der Waals surface area contributed by atoms with Gasteiger partial charge in [-0.15, -0.1) is 12.4 Å². The lowest BCUT2D eigenvalue weighted by Gasteiger charge is -2.27. The van der Waals surface area contributed by atoms with Crippen LogP contribution >= 0.6 is 12.4 Å². The lowest BCUT2D eigenvalue weighted by molar-refractivity contribution is -0.135. The molecule has 0 aromatic heterocycles. The maximum absolute atomic E-state index is 12.2. The summed E-state index contributed by atoms with van der Waals surface area (Å²) in [6.45, 7) is 5.29. The first-order valence-electron chi connectivity index (χ1n) is 7.35. The zero-order valence-electron chi connectivity index (χ0n) is 12.9. The highest BCUT2D eigenvalue weighted by molar-refractivity contribution is 5.85. The minimum absolute atomic E-state index is 0. The van der Waals surface area contributed by atoms with Gasteiger partial charge in [-0.2, -0.15) is 0 Å². The van der Waals surface area contributed by atoms with Crippen LogP contribution in [0, 0.1) is 5.92 Å². The molecule has 4 nitrogen and oxygen atoms in total. The smallest absolute Gasteiger partial charge is 0.226 e. The summed E-state index contributed by atoms with van der Waals surface area (Å²) in [6, 6.07) is 10.8. The first kappa shape index (κ1) is 18.0. The third kappa shape index (κ3) is 4.70. The normalized spacial score (nSPS) is 19.9. The van der Waals surface area contributed by atoms with Crippen LogP contribution < -0.4 is 5.73 Å². The second kappa shape index (κ2) is 8.37. The molecule has 1 aromatic rings. The van der Waals surface area contributed by atoms with E-state index in [1.807, 2.05) is 24.9 Å². The first-order valence-corrected chi connectivity index (χ1v) is 7.35. The van der Waals surface area contributed by atoms with Crippen molar-refractivity contribution in [2.24, 2.45) is 11.7 Å². The third-order valence-electron chi connectivity index (χ3n) is 4.17. The molecular weight excluding hydrogens is 286 g/mol. The Kier molecular flexibility index (Phi) is 7.15. The Hall–Kier alpha value is -1.10. The summed E-state index contributed by atoms with van der Waals surface area (Å²) < 4.78 is 0. The van der Waals surface area contributed by atoms with E-state index >= 15 is 0 Å². The molecule has 1 saturated heterocycles. The van der Waals surface area contributed by atoms with E-state index in [1.165, 1.54) is 5.56 Å². The van der Waals surface area contributed by atoms with Gasteiger partial charge in [-0.3, -0.25) is 9.69 Å². The van der Waals surface area contributed by atoms with Crippen molar-refractivity contribution < 1.29 is 4.79 Å². The maximum Gasteiger partial charge on any atom is 0.226 e. The molecule has 2 unspecified atom stereocenters. The van der Waals surface area contributed by atoms with Crippen molar-refractivity contribution in [1.82, 2.24) is 9.80 Å². The second-order valence-electron chi connectivity index (χ2n) is 5.75. The van der Waals surface area contributed by atoms with E-state index in [0.717, 1.165) is 26.1 Å². The van der Waals surface area contributed by atoms with Gasteiger partial charge in [0.1, 0.15) is 0 Å². The molecule has 2 rings (SSSR count). The second-order valence-corrected chi connectivity index (χ2v) is 5.75. The average molecular weight is 312 g/mol. The molecular formula is C16H26ClN3O. The largest absolute Gasteiger partial charge is 0.341 e. The van der Waals surface area contributed by atoms with Gasteiger partial charge in [0.05, 0.1) is 0 Å². The Labute approximate surface area is 133 Å². The quantitative estimate of drug-likeness (QED) is 0.901.